The number of alkyl halides is 3. The van der Waals surface area contributed by atoms with Gasteiger partial charge in [0.2, 0.25) is 10.0 Å². The first-order valence-electron chi connectivity index (χ1n) is 5.11. The van der Waals surface area contributed by atoms with Gasteiger partial charge in [-0.3, -0.25) is 0 Å². The van der Waals surface area contributed by atoms with E-state index in [1.807, 2.05) is 0 Å². The highest BCUT2D eigenvalue weighted by Crippen LogP contribution is 2.40. The molecule has 0 aliphatic heterocycles. The van der Waals surface area contributed by atoms with E-state index in [-0.39, 0.29) is 18.2 Å². The summed E-state index contributed by atoms with van der Waals surface area (Å²) >= 11 is 0. The maximum atomic E-state index is 12.4. The average molecular weight is 259 g/mol. The minimum atomic E-state index is -4.31. The van der Waals surface area contributed by atoms with Crippen LogP contribution in [0, 0.1) is 5.41 Å². The Bertz CT molecular complexity index is 344. The molecule has 0 heterocycles. The van der Waals surface area contributed by atoms with Crippen LogP contribution in [0.25, 0.3) is 0 Å². The molecule has 1 rings (SSSR count). The lowest BCUT2D eigenvalue weighted by Crippen LogP contribution is -2.37. The fourth-order valence-electron chi connectivity index (χ4n) is 1.14. The first kappa shape index (κ1) is 13.8. The first-order chi connectivity index (χ1) is 7.06. The van der Waals surface area contributed by atoms with E-state index in [4.69, 9.17) is 0 Å². The highest BCUT2D eigenvalue weighted by molar-refractivity contribution is 7.90. The van der Waals surface area contributed by atoms with E-state index in [0.717, 1.165) is 13.8 Å². The van der Waals surface area contributed by atoms with Crippen molar-refractivity contribution in [1.29, 1.82) is 0 Å². The van der Waals surface area contributed by atoms with E-state index in [9.17, 15) is 21.6 Å². The van der Waals surface area contributed by atoms with Gasteiger partial charge in [-0.15, -0.1) is 0 Å². The van der Waals surface area contributed by atoms with Gasteiger partial charge in [0.1, 0.15) is 0 Å². The van der Waals surface area contributed by atoms with Gasteiger partial charge in [0, 0.05) is 6.54 Å². The molecule has 0 unspecified atom stereocenters. The molecule has 0 radical (unpaired) electrons. The minimum Gasteiger partial charge on any atom is -0.215 e. The zero-order valence-corrected chi connectivity index (χ0v) is 10.1. The normalized spacial score (nSPS) is 18.8. The average Bonchev–Trinajstić information content (AvgIpc) is 2.82. The molecule has 3 nitrogen and oxygen atoms in total. The first-order valence-corrected chi connectivity index (χ1v) is 6.66. The van der Waals surface area contributed by atoms with Crippen LogP contribution < -0.4 is 4.72 Å². The number of nitrogens with one attached hydrogen (secondary N) is 1. The Balaban J connectivity index is 2.41. The number of hydrogen-bond donors (Lipinski definition) is 1. The maximum Gasteiger partial charge on any atom is 0.394 e. The van der Waals surface area contributed by atoms with Crippen LogP contribution in [0.15, 0.2) is 0 Å². The van der Waals surface area contributed by atoms with Gasteiger partial charge in [-0.25, -0.2) is 13.1 Å². The SMILES string of the molecule is CC(C)(CCNS(=O)(=O)C1CC1)C(F)(F)F. The van der Waals surface area contributed by atoms with Crippen molar-refractivity contribution in [3.8, 4) is 0 Å². The van der Waals surface area contributed by atoms with Crippen LogP contribution in [-0.4, -0.2) is 26.4 Å². The molecule has 7 heteroatoms. The Hall–Kier alpha value is -0.300. The van der Waals surface area contributed by atoms with Gasteiger partial charge in [-0.05, 0) is 19.3 Å². The van der Waals surface area contributed by atoms with E-state index < -0.39 is 21.6 Å². The monoisotopic (exact) mass is 259 g/mol. The van der Waals surface area contributed by atoms with Crippen molar-refractivity contribution in [3.63, 3.8) is 0 Å². The maximum absolute atomic E-state index is 12.4. The molecule has 1 saturated carbocycles. The summed E-state index contributed by atoms with van der Waals surface area (Å²) < 4.78 is 62.2. The van der Waals surface area contributed by atoms with Gasteiger partial charge in [-0.1, -0.05) is 13.8 Å². The standard InChI is InChI=1S/C9H16F3NO2S/c1-8(2,9(10,11)12)5-6-13-16(14,15)7-3-4-7/h7,13H,3-6H2,1-2H3. The van der Waals surface area contributed by atoms with Gasteiger partial charge in [0.05, 0.1) is 10.7 Å². The van der Waals surface area contributed by atoms with E-state index >= 15 is 0 Å². The van der Waals surface area contributed by atoms with Gasteiger partial charge in [0.25, 0.3) is 0 Å². The van der Waals surface area contributed by atoms with Crippen molar-refractivity contribution in [3.05, 3.63) is 0 Å². The van der Waals surface area contributed by atoms with Gasteiger partial charge < -0.3 is 0 Å². The van der Waals surface area contributed by atoms with Crippen LogP contribution in [0.3, 0.4) is 0 Å². The van der Waals surface area contributed by atoms with Gasteiger partial charge in [0.15, 0.2) is 0 Å². The fourth-order valence-corrected chi connectivity index (χ4v) is 2.52. The molecule has 1 fully saturated rings. The quantitative estimate of drug-likeness (QED) is 0.821. The Morgan fingerprint density at radius 3 is 2.12 bits per heavy atom. The fraction of sp³-hybridized carbons (Fsp3) is 1.00. The van der Waals surface area contributed by atoms with Crippen LogP contribution in [0.1, 0.15) is 33.1 Å². The lowest BCUT2D eigenvalue weighted by Gasteiger charge is -2.27. The van der Waals surface area contributed by atoms with Crippen molar-refractivity contribution in [2.24, 2.45) is 5.41 Å². The van der Waals surface area contributed by atoms with Crippen molar-refractivity contribution >= 4 is 10.0 Å². The van der Waals surface area contributed by atoms with Crippen LogP contribution in [0.5, 0.6) is 0 Å². The molecule has 0 aromatic carbocycles. The van der Waals surface area contributed by atoms with E-state index in [1.165, 1.54) is 0 Å². The molecule has 0 saturated heterocycles. The van der Waals surface area contributed by atoms with Crippen LogP contribution >= 0.6 is 0 Å². The predicted molar refractivity (Wildman–Crippen MR) is 54.4 cm³/mol. The number of hydrogen-bond acceptors (Lipinski definition) is 2. The molecule has 0 aromatic heterocycles. The third-order valence-electron chi connectivity index (χ3n) is 2.78. The topological polar surface area (TPSA) is 46.2 Å². The summed E-state index contributed by atoms with van der Waals surface area (Å²) in [6.07, 6.45) is -3.34. The number of halogens is 3. The Labute approximate surface area is 93.5 Å². The highest BCUT2D eigenvalue weighted by atomic mass is 32.2. The van der Waals surface area contributed by atoms with Crippen molar-refractivity contribution in [2.45, 2.75) is 44.5 Å². The van der Waals surface area contributed by atoms with Crippen molar-refractivity contribution in [1.82, 2.24) is 4.72 Å². The van der Waals surface area contributed by atoms with Crippen LogP contribution in [0.2, 0.25) is 0 Å². The molecule has 0 bridgehead atoms. The van der Waals surface area contributed by atoms with Crippen LogP contribution in [-0.2, 0) is 10.0 Å². The molecular weight excluding hydrogens is 243 g/mol. The molecule has 0 atom stereocenters. The zero-order chi connectivity index (χ0) is 12.6. The zero-order valence-electron chi connectivity index (χ0n) is 9.26. The van der Waals surface area contributed by atoms with Gasteiger partial charge in [-0.2, -0.15) is 13.2 Å². The molecular formula is C9H16F3NO2S. The summed E-state index contributed by atoms with van der Waals surface area (Å²) in [5.41, 5.74) is -1.86. The smallest absolute Gasteiger partial charge is 0.215 e. The summed E-state index contributed by atoms with van der Waals surface area (Å²) in [6, 6.07) is 0. The Morgan fingerprint density at radius 2 is 1.75 bits per heavy atom. The summed E-state index contributed by atoms with van der Waals surface area (Å²) in [5, 5.41) is -0.388. The summed E-state index contributed by atoms with van der Waals surface area (Å²) in [6.45, 7) is 1.97. The Kier molecular flexibility index (Phi) is 3.59. The van der Waals surface area contributed by atoms with Crippen molar-refractivity contribution in [2.75, 3.05) is 6.54 Å². The van der Waals surface area contributed by atoms with Crippen LogP contribution in [0.4, 0.5) is 13.2 Å². The molecule has 1 aliphatic rings. The molecule has 96 valence electrons. The summed E-state index contributed by atoms with van der Waals surface area (Å²) in [5.74, 6) is 0. The van der Waals surface area contributed by atoms with E-state index in [0.29, 0.717) is 12.8 Å². The lowest BCUT2D eigenvalue weighted by molar-refractivity contribution is -0.213. The largest absolute Gasteiger partial charge is 0.394 e. The molecule has 1 N–H and O–H groups in total. The third kappa shape index (κ3) is 3.35. The number of sulfonamides is 1. The molecule has 0 aromatic rings. The molecule has 1 aliphatic carbocycles. The molecule has 0 amide bonds. The van der Waals surface area contributed by atoms with E-state index in [1.54, 1.807) is 0 Å². The van der Waals surface area contributed by atoms with Crippen molar-refractivity contribution < 1.29 is 21.6 Å². The minimum absolute atomic E-state index is 0.161. The van der Waals surface area contributed by atoms with Gasteiger partial charge >= 0.3 is 6.18 Å². The molecule has 0 spiro atoms. The Morgan fingerprint density at radius 1 is 1.25 bits per heavy atom. The van der Waals surface area contributed by atoms with E-state index in [2.05, 4.69) is 4.72 Å². The molecule has 16 heavy (non-hydrogen) atoms. The predicted octanol–water partition coefficient (Wildman–Crippen LogP) is 2.05. The summed E-state index contributed by atoms with van der Waals surface area (Å²) in [7, 11) is -3.37. The summed E-state index contributed by atoms with van der Waals surface area (Å²) in [4.78, 5) is 0. The third-order valence-corrected chi connectivity index (χ3v) is 4.74. The second-order valence-electron chi connectivity index (χ2n) is 4.77. The second-order valence-corrected chi connectivity index (χ2v) is 6.82. The number of rotatable bonds is 5. The lowest BCUT2D eigenvalue weighted by atomic mass is 9.89. The second kappa shape index (κ2) is 4.18. The highest BCUT2D eigenvalue weighted by Gasteiger charge is 2.47.